The lowest BCUT2D eigenvalue weighted by atomic mass is 10.0. The minimum absolute atomic E-state index is 0.00119. The summed E-state index contributed by atoms with van der Waals surface area (Å²) in [5, 5.41) is 2.88. The molecule has 3 aliphatic heterocycles. The molecule has 2 saturated heterocycles. The van der Waals surface area contributed by atoms with E-state index < -0.39 is 12.1 Å². The number of carbonyl (C=O) groups is 3. The van der Waals surface area contributed by atoms with Crippen LogP contribution in [0.3, 0.4) is 0 Å². The van der Waals surface area contributed by atoms with Crippen LogP contribution < -0.4 is 5.32 Å². The van der Waals surface area contributed by atoms with Crippen LogP contribution in [0.4, 0.5) is 0 Å². The zero-order valence-corrected chi connectivity index (χ0v) is 17.2. The first-order chi connectivity index (χ1) is 13.5. The van der Waals surface area contributed by atoms with Crippen LogP contribution in [0.1, 0.15) is 54.4 Å². The van der Waals surface area contributed by atoms with Crippen molar-refractivity contribution in [2.45, 2.75) is 50.6 Å². The lowest BCUT2D eigenvalue weighted by Crippen LogP contribution is -2.56. The molecule has 28 heavy (non-hydrogen) atoms. The molecule has 3 aliphatic rings. The second-order valence-electron chi connectivity index (χ2n) is 8.12. The smallest absolute Gasteiger partial charge is 0.256 e. The zero-order chi connectivity index (χ0) is 19.8. The number of nitrogens with one attached hydrogen (secondary N) is 1. The van der Waals surface area contributed by atoms with Crippen LogP contribution in [0.2, 0.25) is 0 Å². The quantitative estimate of drug-likeness (QED) is 0.841. The van der Waals surface area contributed by atoms with E-state index in [1.807, 2.05) is 43.0 Å². The Morgan fingerprint density at radius 2 is 1.86 bits per heavy atom. The number of thioether (sulfide) groups is 1. The zero-order valence-electron chi connectivity index (χ0n) is 16.4. The lowest BCUT2D eigenvalue weighted by molar-refractivity contribution is -0.139. The molecule has 1 aromatic rings. The van der Waals surface area contributed by atoms with Crippen molar-refractivity contribution in [2.24, 2.45) is 5.92 Å². The Bertz CT molecular complexity index is 791. The molecule has 6 nitrogen and oxygen atoms in total. The molecule has 0 aliphatic carbocycles. The highest BCUT2D eigenvalue weighted by molar-refractivity contribution is 7.99. The van der Waals surface area contributed by atoms with Crippen molar-refractivity contribution in [3.05, 3.63) is 35.4 Å². The third-order valence-corrected chi connectivity index (χ3v) is 7.20. The van der Waals surface area contributed by atoms with Gasteiger partial charge in [-0.05, 0) is 36.8 Å². The van der Waals surface area contributed by atoms with Crippen LogP contribution in [0.5, 0.6) is 0 Å². The van der Waals surface area contributed by atoms with Crippen molar-refractivity contribution in [2.75, 3.05) is 18.8 Å². The Hall–Kier alpha value is -2.02. The SMILES string of the molecule is CC(C)[C@H](NC(=O)[C@@H]1CSC2c3ccccc3C(=O)N21)C(=O)N1CCCCC1. The van der Waals surface area contributed by atoms with Crippen molar-refractivity contribution in [3.8, 4) is 0 Å². The Labute approximate surface area is 170 Å². The van der Waals surface area contributed by atoms with Gasteiger partial charge in [-0.3, -0.25) is 14.4 Å². The van der Waals surface area contributed by atoms with Gasteiger partial charge in [-0.15, -0.1) is 11.8 Å². The van der Waals surface area contributed by atoms with E-state index in [9.17, 15) is 14.4 Å². The fourth-order valence-electron chi connectivity index (χ4n) is 4.32. The standard InChI is InChI=1S/C21H27N3O3S/c1-13(2)17(20(27)23-10-6-3-7-11-23)22-18(25)16-12-28-21-15-9-5-4-8-14(15)19(26)24(16)21/h4-5,8-9,13,16-17,21H,3,6-7,10-12H2,1-2H3,(H,22,25)/t16-,17-,21?/m0/s1. The van der Waals surface area contributed by atoms with Gasteiger partial charge >= 0.3 is 0 Å². The highest BCUT2D eigenvalue weighted by atomic mass is 32.2. The molecule has 3 atom stereocenters. The Morgan fingerprint density at radius 1 is 1.14 bits per heavy atom. The van der Waals surface area contributed by atoms with E-state index in [2.05, 4.69) is 5.32 Å². The number of rotatable bonds is 4. The Kier molecular flexibility index (Phi) is 5.36. The number of hydrogen-bond acceptors (Lipinski definition) is 4. The predicted molar refractivity (Wildman–Crippen MR) is 109 cm³/mol. The molecule has 3 amide bonds. The van der Waals surface area contributed by atoms with Crippen LogP contribution >= 0.6 is 11.8 Å². The maximum atomic E-state index is 13.1. The van der Waals surface area contributed by atoms with Gasteiger partial charge in [-0.1, -0.05) is 32.0 Å². The molecule has 150 valence electrons. The first kappa shape index (κ1) is 19.3. The first-order valence-electron chi connectivity index (χ1n) is 10.1. The van der Waals surface area contributed by atoms with Gasteiger partial charge in [0.2, 0.25) is 11.8 Å². The summed E-state index contributed by atoms with van der Waals surface area (Å²) in [6.45, 7) is 5.43. The molecule has 0 saturated carbocycles. The molecular formula is C21H27N3O3S. The molecule has 3 heterocycles. The van der Waals surface area contributed by atoms with E-state index in [0.717, 1.165) is 37.9 Å². The second-order valence-corrected chi connectivity index (χ2v) is 9.23. The minimum atomic E-state index is -0.547. The third-order valence-electron chi connectivity index (χ3n) is 5.89. The summed E-state index contributed by atoms with van der Waals surface area (Å²) in [5.41, 5.74) is 1.67. The second kappa shape index (κ2) is 7.78. The average Bonchev–Trinajstić information content (AvgIpc) is 3.26. The van der Waals surface area contributed by atoms with Crippen molar-refractivity contribution >= 4 is 29.5 Å². The van der Waals surface area contributed by atoms with Crippen LogP contribution in [-0.2, 0) is 9.59 Å². The van der Waals surface area contributed by atoms with Crippen LogP contribution in [0.15, 0.2) is 24.3 Å². The number of carbonyl (C=O) groups excluding carboxylic acids is 3. The number of amides is 3. The first-order valence-corrected chi connectivity index (χ1v) is 11.2. The number of hydrogen-bond donors (Lipinski definition) is 1. The van der Waals surface area contributed by atoms with Crippen LogP contribution in [0, 0.1) is 5.92 Å². The molecule has 0 aromatic heterocycles. The Balaban J connectivity index is 1.48. The molecule has 1 unspecified atom stereocenters. The summed E-state index contributed by atoms with van der Waals surface area (Å²) in [7, 11) is 0. The maximum absolute atomic E-state index is 13.1. The monoisotopic (exact) mass is 401 g/mol. The highest BCUT2D eigenvalue weighted by Crippen LogP contribution is 2.48. The normalized spacial score (nSPS) is 24.9. The van der Waals surface area contributed by atoms with Gasteiger partial charge in [0.1, 0.15) is 17.5 Å². The van der Waals surface area contributed by atoms with Gasteiger partial charge < -0.3 is 15.1 Å². The molecular weight excluding hydrogens is 374 g/mol. The molecule has 0 spiro atoms. The predicted octanol–water partition coefficient (Wildman–Crippen LogP) is 2.41. The van der Waals surface area contributed by atoms with E-state index in [-0.39, 0.29) is 29.0 Å². The van der Waals surface area contributed by atoms with Gasteiger partial charge in [0.25, 0.3) is 5.91 Å². The van der Waals surface area contributed by atoms with Gasteiger partial charge in [-0.25, -0.2) is 0 Å². The molecule has 0 radical (unpaired) electrons. The number of piperidine rings is 1. The summed E-state index contributed by atoms with van der Waals surface area (Å²) in [6.07, 6.45) is 3.19. The summed E-state index contributed by atoms with van der Waals surface area (Å²) >= 11 is 1.62. The van der Waals surface area contributed by atoms with E-state index in [0.29, 0.717) is 11.3 Å². The third kappa shape index (κ3) is 3.30. The molecule has 1 aromatic carbocycles. The largest absolute Gasteiger partial charge is 0.342 e. The molecule has 1 N–H and O–H groups in total. The number of benzene rings is 1. The molecule has 0 bridgehead atoms. The van der Waals surface area contributed by atoms with Crippen molar-refractivity contribution in [3.63, 3.8) is 0 Å². The van der Waals surface area contributed by atoms with Crippen molar-refractivity contribution in [1.29, 1.82) is 0 Å². The lowest BCUT2D eigenvalue weighted by Gasteiger charge is -2.33. The van der Waals surface area contributed by atoms with Crippen molar-refractivity contribution < 1.29 is 14.4 Å². The van der Waals surface area contributed by atoms with E-state index in [4.69, 9.17) is 0 Å². The van der Waals surface area contributed by atoms with E-state index in [1.165, 1.54) is 0 Å². The topological polar surface area (TPSA) is 69.7 Å². The molecule has 7 heteroatoms. The van der Waals surface area contributed by atoms with Gasteiger partial charge in [0, 0.05) is 24.4 Å². The molecule has 4 rings (SSSR count). The highest BCUT2D eigenvalue weighted by Gasteiger charge is 2.48. The summed E-state index contributed by atoms with van der Waals surface area (Å²) < 4.78 is 0. The van der Waals surface area contributed by atoms with E-state index in [1.54, 1.807) is 16.7 Å². The number of likely N-dealkylation sites (tertiary alicyclic amines) is 1. The summed E-state index contributed by atoms with van der Waals surface area (Å²) in [5.74, 6) is 0.240. The minimum Gasteiger partial charge on any atom is -0.342 e. The number of fused-ring (bicyclic) bond motifs is 3. The van der Waals surface area contributed by atoms with Crippen molar-refractivity contribution in [1.82, 2.24) is 15.1 Å². The van der Waals surface area contributed by atoms with Crippen LogP contribution in [0.25, 0.3) is 0 Å². The van der Waals surface area contributed by atoms with Gasteiger partial charge in [-0.2, -0.15) is 0 Å². The summed E-state index contributed by atoms with van der Waals surface area (Å²) in [6, 6.07) is 6.48. The Morgan fingerprint density at radius 3 is 2.57 bits per heavy atom. The summed E-state index contributed by atoms with van der Waals surface area (Å²) in [4.78, 5) is 42.5. The number of nitrogens with zero attached hydrogens (tertiary/aromatic N) is 2. The average molecular weight is 402 g/mol. The maximum Gasteiger partial charge on any atom is 0.256 e. The molecule has 2 fully saturated rings. The fourth-order valence-corrected chi connectivity index (χ4v) is 5.78. The van der Waals surface area contributed by atoms with Crippen LogP contribution in [-0.4, -0.2) is 58.4 Å². The fraction of sp³-hybridized carbons (Fsp3) is 0.571. The van der Waals surface area contributed by atoms with Gasteiger partial charge in [0.15, 0.2) is 0 Å². The van der Waals surface area contributed by atoms with E-state index >= 15 is 0 Å². The van der Waals surface area contributed by atoms with Gasteiger partial charge in [0.05, 0.1) is 0 Å².